The number of likely N-dealkylation sites (N-methyl/N-ethyl adjacent to an activating group) is 1. The van der Waals surface area contributed by atoms with Gasteiger partial charge in [0.05, 0.1) is 0 Å². The lowest BCUT2D eigenvalue weighted by atomic mass is 10.1. The summed E-state index contributed by atoms with van der Waals surface area (Å²) in [5.74, 6) is -0.168. The van der Waals surface area contributed by atoms with E-state index in [0.717, 1.165) is 26.1 Å². The molecule has 0 saturated carbocycles. The van der Waals surface area contributed by atoms with Crippen LogP contribution < -0.4 is 5.32 Å². The molecule has 17 heavy (non-hydrogen) atoms. The van der Waals surface area contributed by atoms with Crippen LogP contribution in [-0.2, 0) is 6.42 Å². The van der Waals surface area contributed by atoms with Gasteiger partial charge in [-0.15, -0.1) is 0 Å². The van der Waals surface area contributed by atoms with E-state index in [1.54, 1.807) is 12.1 Å². The Morgan fingerprint density at radius 3 is 2.82 bits per heavy atom. The second kappa shape index (κ2) is 7.64. The van der Waals surface area contributed by atoms with Crippen LogP contribution in [0.25, 0.3) is 0 Å². The molecule has 1 aromatic rings. The predicted octanol–water partition coefficient (Wildman–Crippen LogP) is 2.56. The molecule has 0 saturated heterocycles. The zero-order valence-electron chi connectivity index (χ0n) is 10.5. The average Bonchev–Trinajstić information content (AvgIpc) is 2.31. The summed E-state index contributed by atoms with van der Waals surface area (Å²) in [6, 6.07) is 4.72. The van der Waals surface area contributed by atoms with Crippen molar-refractivity contribution >= 4 is 11.6 Å². The van der Waals surface area contributed by atoms with Gasteiger partial charge in [-0.05, 0) is 63.8 Å². The summed E-state index contributed by atoms with van der Waals surface area (Å²) in [7, 11) is 4.00. The molecule has 0 aromatic heterocycles. The largest absolute Gasteiger partial charge is 0.320 e. The van der Waals surface area contributed by atoms with Gasteiger partial charge >= 0.3 is 0 Å². The van der Waals surface area contributed by atoms with Crippen LogP contribution in [0.3, 0.4) is 0 Å². The lowest BCUT2D eigenvalue weighted by Gasteiger charge is -2.16. The van der Waals surface area contributed by atoms with Gasteiger partial charge in [-0.2, -0.15) is 0 Å². The van der Waals surface area contributed by atoms with Crippen molar-refractivity contribution in [2.75, 3.05) is 33.7 Å². The highest BCUT2D eigenvalue weighted by molar-refractivity contribution is 6.30. The van der Waals surface area contributed by atoms with Crippen molar-refractivity contribution in [1.29, 1.82) is 0 Å². The van der Waals surface area contributed by atoms with Crippen molar-refractivity contribution < 1.29 is 4.39 Å². The number of nitrogens with zero attached hydrogens (tertiary/aromatic N) is 1. The van der Waals surface area contributed by atoms with E-state index < -0.39 is 0 Å². The minimum Gasteiger partial charge on any atom is -0.320 e. The highest BCUT2D eigenvalue weighted by atomic mass is 35.5. The summed E-state index contributed by atoms with van der Waals surface area (Å²) in [6.45, 7) is 2.87. The van der Waals surface area contributed by atoms with Crippen molar-refractivity contribution in [3.05, 3.63) is 34.6 Å². The molecule has 1 N–H and O–H groups in total. The SMILES string of the molecule is CNCCCN(C)CCc1cc(Cl)ccc1F. The van der Waals surface area contributed by atoms with Crippen LogP contribution in [0.15, 0.2) is 18.2 Å². The van der Waals surface area contributed by atoms with E-state index in [9.17, 15) is 4.39 Å². The van der Waals surface area contributed by atoms with Gasteiger partial charge in [-0.25, -0.2) is 4.39 Å². The molecule has 1 aromatic carbocycles. The van der Waals surface area contributed by atoms with Gasteiger partial charge in [-0.3, -0.25) is 0 Å². The Bertz CT molecular complexity index is 344. The van der Waals surface area contributed by atoms with E-state index in [0.29, 0.717) is 17.0 Å². The fourth-order valence-corrected chi connectivity index (χ4v) is 1.88. The first-order valence-electron chi connectivity index (χ1n) is 5.90. The molecular weight excluding hydrogens is 239 g/mol. The monoisotopic (exact) mass is 258 g/mol. The molecule has 1 rings (SSSR count). The van der Waals surface area contributed by atoms with E-state index in [4.69, 9.17) is 11.6 Å². The molecule has 0 heterocycles. The summed E-state index contributed by atoms with van der Waals surface area (Å²) in [4.78, 5) is 2.21. The lowest BCUT2D eigenvalue weighted by molar-refractivity contribution is 0.331. The van der Waals surface area contributed by atoms with E-state index in [-0.39, 0.29) is 5.82 Å². The first-order valence-corrected chi connectivity index (χ1v) is 6.28. The Labute approximate surface area is 108 Å². The second-order valence-corrected chi connectivity index (χ2v) is 4.68. The van der Waals surface area contributed by atoms with Gasteiger partial charge in [0, 0.05) is 11.6 Å². The highest BCUT2D eigenvalue weighted by Crippen LogP contribution is 2.15. The average molecular weight is 259 g/mol. The Balaban J connectivity index is 2.36. The third-order valence-electron chi connectivity index (χ3n) is 2.74. The lowest BCUT2D eigenvalue weighted by Crippen LogP contribution is -2.25. The van der Waals surface area contributed by atoms with Crippen LogP contribution in [0.2, 0.25) is 5.02 Å². The zero-order chi connectivity index (χ0) is 12.7. The van der Waals surface area contributed by atoms with E-state index in [2.05, 4.69) is 17.3 Å². The number of rotatable bonds is 7. The molecule has 0 aliphatic rings. The predicted molar refractivity (Wildman–Crippen MR) is 71.2 cm³/mol. The van der Waals surface area contributed by atoms with E-state index in [1.165, 1.54) is 6.07 Å². The van der Waals surface area contributed by atoms with Crippen molar-refractivity contribution in [2.24, 2.45) is 0 Å². The van der Waals surface area contributed by atoms with Crippen LogP contribution in [-0.4, -0.2) is 38.6 Å². The fraction of sp³-hybridized carbons (Fsp3) is 0.538. The first-order chi connectivity index (χ1) is 8.13. The number of hydrogen-bond donors (Lipinski definition) is 1. The molecule has 0 unspecified atom stereocenters. The van der Waals surface area contributed by atoms with Crippen LogP contribution in [0.4, 0.5) is 4.39 Å². The van der Waals surface area contributed by atoms with Crippen LogP contribution >= 0.6 is 11.6 Å². The van der Waals surface area contributed by atoms with Gasteiger partial charge in [0.1, 0.15) is 5.82 Å². The van der Waals surface area contributed by atoms with Gasteiger partial charge in [-0.1, -0.05) is 11.6 Å². The topological polar surface area (TPSA) is 15.3 Å². The van der Waals surface area contributed by atoms with Gasteiger partial charge < -0.3 is 10.2 Å². The van der Waals surface area contributed by atoms with Crippen molar-refractivity contribution in [3.8, 4) is 0 Å². The number of nitrogens with one attached hydrogen (secondary N) is 1. The van der Waals surface area contributed by atoms with Gasteiger partial charge in [0.25, 0.3) is 0 Å². The standard InChI is InChI=1S/C13H20ClFN2/c1-16-7-3-8-17(2)9-6-11-10-12(14)4-5-13(11)15/h4-5,10,16H,3,6-9H2,1-2H3. The molecule has 0 bridgehead atoms. The molecule has 2 nitrogen and oxygen atoms in total. The molecule has 0 radical (unpaired) electrons. The Hall–Kier alpha value is -0.640. The number of halogens is 2. The molecule has 0 amide bonds. The van der Waals surface area contributed by atoms with Crippen molar-refractivity contribution in [2.45, 2.75) is 12.8 Å². The maximum atomic E-state index is 13.4. The van der Waals surface area contributed by atoms with Crippen molar-refractivity contribution in [1.82, 2.24) is 10.2 Å². The Morgan fingerprint density at radius 1 is 1.35 bits per heavy atom. The summed E-state index contributed by atoms with van der Waals surface area (Å²) < 4.78 is 13.4. The van der Waals surface area contributed by atoms with E-state index >= 15 is 0 Å². The van der Waals surface area contributed by atoms with Gasteiger partial charge in [0.2, 0.25) is 0 Å². The summed E-state index contributed by atoms with van der Waals surface area (Å²) in [5.41, 5.74) is 0.693. The van der Waals surface area contributed by atoms with Crippen LogP contribution in [0.5, 0.6) is 0 Å². The molecule has 96 valence electrons. The molecular formula is C13H20ClFN2. The number of benzene rings is 1. The molecule has 0 aliphatic carbocycles. The second-order valence-electron chi connectivity index (χ2n) is 4.25. The summed E-state index contributed by atoms with van der Waals surface area (Å²) in [5, 5.41) is 3.71. The molecule has 0 atom stereocenters. The van der Waals surface area contributed by atoms with Crippen LogP contribution in [0.1, 0.15) is 12.0 Å². The molecule has 4 heteroatoms. The molecule has 0 fully saturated rings. The third-order valence-corrected chi connectivity index (χ3v) is 2.97. The molecule has 0 spiro atoms. The number of hydrogen-bond acceptors (Lipinski definition) is 2. The normalized spacial score (nSPS) is 11.1. The summed E-state index contributed by atoms with van der Waals surface area (Å²) in [6.07, 6.45) is 1.80. The minimum atomic E-state index is -0.168. The fourth-order valence-electron chi connectivity index (χ4n) is 1.68. The van der Waals surface area contributed by atoms with Gasteiger partial charge in [0.15, 0.2) is 0 Å². The van der Waals surface area contributed by atoms with E-state index in [1.807, 2.05) is 7.05 Å². The highest BCUT2D eigenvalue weighted by Gasteiger charge is 2.05. The molecule has 0 aliphatic heterocycles. The quantitative estimate of drug-likeness (QED) is 0.757. The zero-order valence-corrected chi connectivity index (χ0v) is 11.2. The minimum absolute atomic E-state index is 0.168. The third kappa shape index (κ3) is 5.48. The maximum Gasteiger partial charge on any atom is 0.126 e. The smallest absolute Gasteiger partial charge is 0.126 e. The Morgan fingerprint density at radius 2 is 2.12 bits per heavy atom. The Kier molecular flexibility index (Phi) is 6.48. The maximum absolute atomic E-state index is 13.4. The summed E-state index contributed by atoms with van der Waals surface area (Å²) >= 11 is 5.85. The van der Waals surface area contributed by atoms with Crippen molar-refractivity contribution in [3.63, 3.8) is 0 Å². The van der Waals surface area contributed by atoms with Crippen LogP contribution in [0, 0.1) is 5.82 Å². The first kappa shape index (κ1) is 14.4.